The molecule has 9 nitrogen and oxygen atoms in total. The molecule has 0 saturated carbocycles. The number of ether oxygens (including phenoxy) is 1. The molecule has 2 atom stereocenters. The number of unbranched alkanes of at least 4 members (excludes halogenated alkanes) is 1. The van der Waals surface area contributed by atoms with Gasteiger partial charge in [0.1, 0.15) is 11.8 Å². The molecule has 5 rings (SSSR count). The van der Waals surface area contributed by atoms with Crippen molar-refractivity contribution in [2.24, 2.45) is 0 Å². The highest BCUT2D eigenvalue weighted by Gasteiger charge is 2.57. The minimum absolute atomic E-state index is 0.0340. The summed E-state index contributed by atoms with van der Waals surface area (Å²) in [6, 6.07) is 15.6. The second-order valence-corrected chi connectivity index (χ2v) is 9.25. The molecule has 2 aliphatic rings. The molecule has 0 spiro atoms. The third-order valence-electron chi connectivity index (χ3n) is 6.55. The lowest BCUT2D eigenvalue weighted by Gasteiger charge is -2.49. The van der Waals surface area contributed by atoms with Gasteiger partial charge in [-0.15, -0.1) is 0 Å². The Bertz CT molecular complexity index is 1410. The molecule has 10 heteroatoms. The first-order valence-corrected chi connectivity index (χ1v) is 12.2. The number of benzene rings is 3. The Kier molecular flexibility index (Phi) is 6.39. The zero-order valence-corrected chi connectivity index (χ0v) is 20.6. The van der Waals surface area contributed by atoms with Crippen LogP contribution in [0.3, 0.4) is 0 Å². The van der Waals surface area contributed by atoms with Gasteiger partial charge in [-0.05, 0) is 54.4 Å². The fourth-order valence-corrected chi connectivity index (χ4v) is 4.78. The van der Waals surface area contributed by atoms with E-state index in [4.69, 9.17) is 16.3 Å². The lowest BCUT2D eigenvalue weighted by Crippen LogP contribution is -2.67. The van der Waals surface area contributed by atoms with Crippen LogP contribution in [0.1, 0.15) is 52.1 Å². The van der Waals surface area contributed by atoms with Gasteiger partial charge < -0.3 is 9.64 Å². The number of β-lactam (4-membered cyclic amide) rings is 1. The summed E-state index contributed by atoms with van der Waals surface area (Å²) in [5, 5.41) is 11.7. The van der Waals surface area contributed by atoms with Crippen molar-refractivity contribution >= 4 is 40.7 Å². The second-order valence-electron chi connectivity index (χ2n) is 8.81. The number of hydrogen-bond acceptors (Lipinski definition) is 6. The molecule has 188 valence electrons. The van der Waals surface area contributed by atoms with Gasteiger partial charge in [-0.25, -0.2) is 0 Å². The van der Waals surface area contributed by atoms with Crippen molar-refractivity contribution in [2.75, 3.05) is 11.5 Å². The number of hydrogen-bond donors (Lipinski definition) is 0. The number of non-ortho nitro benzene ring substituents is 1. The van der Waals surface area contributed by atoms with Crippen LogP contribution in [0.25, 0.3) is 0 Å². The van der Waals surface area contributed by atoms with E-state index in [1.807, 2.05) is 0 Å². The zero-order chi connectivity index (χ0) is 26.3. The molecule has 37 heavy (non-hydrogen) atoms. The highest BCUT2D eigenvalue weighted by molar-refractivity contribution is 6.30. The average Bonchev–Trinajstić information content (AvgIpc) is 3.13. The van der Waals surface area contributed by atoms with Crippen molar-refractivity contribution in [3.8, 4) is 5.75 Å². The molecule has 1 saturated heterocycles. The summed E-state index contributed by atoms with van der Waals surface area (Å²) in [6.45, 7) is 2.65. The van der Waals surface area contributed by atoms with E-state index in [1.165, 1.54) is 17.0 Å². The Morgan fingerprint density at radius 1 is 0.892 bits per heavy atom. The maximum absolute atomic E-state index is 13.5. The summed E-state index contributed by atoms with van der Waals surface area (Å²) in [6.07, 6.45) is 1.92. The van der Waals surface area contributed by atoms with Gasteiger partial charge in [0.25, 0.3) is 23.4 Å². The van der Waals surface area contributed by atoms with Crippen LogP contribution in [0.4, 0.5) is 11.4 Å². The largest absolute Gasteiger partial charge is 0.494 e. The SMILES string of the molecule is CCCCOc1ccc([C@H]2[C@@H](N3C(=O)c4ccc([N+](=O)[O-])cc4C3=O)C(=O)N2c2ccc(Cl)cc2)cc1. The number of imide groups is 1. The highest BCUT2D eigenvalue weighted by Crippen LogP contribution is 2.45. The minimum atomic E-state index is -1.12. The average molecular weight is 520 g/mol. The van der Waals surface area contributed by atoms with Gasteiger partial charge in [-0.1, -0.05) is 37.1 Å². The van der Waals surface area contributed by atoms with Crippen molar-refractivity contribution in [3.63, 3.8) is 0 Å². The molecule has 0 N–H and O–H groups in total. The number of nitro benzene ring substituents is 1. The van der Waals surface area contributed by atoms with E-state index in [9.17, 15) is 24.5 Å². The van der Waals surface area contributed by atoms with Crippen molar-refractivity contribution in [1.29, 1.82) is 0 Å². The molecule has 0 bridgehead atoms. The van der Waals surface area contributed by atoms with Crippen LogP contribution in [0.5, 0.6) is 5.75 Å². The zero-order valence-electron chi connectivity index (χ0n) is 19.8. The van der Waals surface area contributed by atoms with E-state index in [-0.39, 0.29) is 16.8 Å². The van der Waals surface area contributed by atoms with Crippen LogP contribution in [0.2, 0.25) is 5.02 Å². The van der Waals surface area contributed by atoms with Gasteiger partial charge >= 0.3 is 0 Å². The van der Waals surface area contributed by atoms with Gasteiger partial charge in [0, 0.05) is 22.8 Å². The van der Waals surface area contributed by atoms with Crippen molar-refractivity contribution < 1.29 is 24.0 Å². The Morgan fingerprint density at radius 3 is 2.22 bits per heavy atom. The number of rotatable bonds is 8. The predicted octanol–water partition coefficient (Wildman–Crippen LogP) is 5.18. The van der Waals surface area contributed by atoms with Crippen LogP contribution in [-0.4, -0.2) is 40.2 Å². The summed E-state index contributed by atoms with van der Waals surface area (Å²) in [5.74, 6) is -1.17. The molecule has 3 aromatic rings. The lowest BCUT2D eigenvalue weighted by atomic mass is 9.86. The monoisotopic (exact) mass is 519 g/mol. The van der Waals surface area contributed by atoms with Gasteiger partial charge in [-0.2, -0.15) is 0 Å². The van der Waals surface area contributed by atoms with Crippen LogP contribution in [0, 0.1) is 10.1 Å². The lowest BCUT2D eigenvalue weighted by molar-refractivity contribution is -0.384. The number of halogens is 1. The van der Waals surface area contributed by atoms with Crippen molar-refractivity contribution in [3.05, 3.63) is 98.6 Å². The number of nitro groups is 1. The van der Waals surface area contributed by atoms with E-state index in [0.717, 1.165) is 23.8 Å². The molecule has 0 radical (unpaired) electrons. The van der Waals surface area contributed by atoms with Crippen LogP contribution >= 0.6 is 11.6 Å². The number of carbonyl (C=O) groups excluding carboxylic acids is 3. The van der Waals surface area contributed by atoms with Gasteiger partial charge in [0.15, 0.2) is 0 Å². The summed E-state index contributed by atoms with van der Waals surface area (Å²) < 4.78 is 5.74. The number of carbonyl (C=O) groups is 3. The van der Waals surface area contributed by atoms with Crippen LogP contribution in [0.15, 0.2) is 66.7 Å². The summed E-state index contributed by atoms with van der Waals surface area (Å²) in [4.78, 5) is 53.1. The van der Waals surface area contributed by atoms with Gasteiger partial charge in [0.05, 0.1) is 28.7 Å². The molecule has 0 aromatic heterocycles. The number of fused-ring (bicyclic) bond motifs is 1. The Hall–Kier alpha value is -4.24. The minimum Gasteiger partial charge on any atom is -0.494 e. The predicted molar refractivity (Wildman–Crippen MR) is 136 cm³/mol. The molecule has 2 heterocycles. The van der Waals surface area contributed by atoms with E-state index >= 15 is 0 Å². The molecule has 1 fully saturated rings. The molecule has 0 aliphatic carbocycles. The standard InChI is InChI=1S/C27H22ClN3O6/c1-2-3-14-37-20-11-4-16(5-12-20)23-24(27(34)29(23)18-8-6-17(28)7-9-18)30-25(32)21-13-10-19(31(35)36)15-22(21)26(30)33/h4-13,15,23-24H,2-3,14H2,1H3/t23-,24+/m0/s1. The summed E-state index contributed by atoms with van der Waals surface area (Å²) in [7, 11) is 0. The Balaban J connectivity index is 1.51. The van der Waals surface area contributed by atoms with E-state index in [0.29, 0.717) is 28.6 Å². The smallest absolute Gasteiger partial charge is 0.270 e. The third-order valence-corrected chi connectivity index (χ3v) is 6.80. The first-order chi connectivity index (χ1) is 17.8. The number of amides is 3. The molecular formula is C27H22ClN3O6. The normalized spacial score (nSPS) is 18.6. The van der Waals surface area contributed by atoms with E-state index in [2.05, 4.69) is 6.92 Å². The molecule has 2 aliphatic heterocycles. The molecule has 3 aromatic carbocycles. The Labute approximate surface area is 217 Å². The first kappa shape index (κ1) is 24.5. The van der Waals surface area contributed by atoms with Crippen molar-refractivity contribution in [1.82, 2.24) is 4.90 Å². The van der Waals surface area contributed by atoms with Crippen LogP contribution < -0.4 is 9.64 Å². The summed E-state index contributed by atoms with van der Waals surface area (Å²) in [5.41, 5.74) is 0.901. The molecular weight excluding hydrogens is 498 g/mol. The quantitative estimate of drug-likeness (QED) is 0.133. The highest BCUT2D eigenvalue weighted by atomic mass is 35.5. The fourth-order valence-electron chi connectivity index (χ4n) is 4.66. The summed E-state index contributed by atoms with van der Waals surface area (Å²) >= 11 is 6.03. The van der Waals surface area contributed by atoms with E-state index < -0.39 is 34.7 Å². The maximum Gasteiger partial charge on any atom is 0.270 e. The van der Waals surface area contributed by atoms with Crippen LogP contribution in [-0.2, 0) is 4.79 Å². The van der Waals surface area contributed by atoms with Gasteiger partial charge in [0.2, 0.25) is 0 Å². The third kappa shape index (κ3) is 4.21. The fraction of sp³-hybridized carbons (Fsp3) is 0.222. The van der Waals surface area contributed by atoms with Crippen molar-refractivity contribution in [2.45, 2.75) is 31.8 Å². The maximum atomic E-state index is 13.5. The van der Waals surface area contributed by atoms with Gasteiger partial charge in [-0.3, -0.25) is 29.4 Å². The topological polar surface area (TPSA) is 110 Å². The number of nitrogens with zero attached hydrogens (tertiary/aromatic N) is 3. The second kappa shape index (κ2) is 9.67. The molecule has 3 amide bonds. The number of anilines is 1. The first-order valence-electron chi connectivity index (χ1n) is 11.8. The Morgan fingerprint density at radius 2 is 1.57 bits per heavy atom. The van der Waals surface area contributed by atoms with E-state index in [1.54, 1.807) is 48.5 Å². The molecule has 0 unspecified atom stereocenters.